The molecule has 0 unspecified atom stereocenters. The topological polar surface area (TPSA) is 22.0 Å². The quantitative estimate of drug-likeness (QED) is 0.758. The van der Waals surface area contributed by atoms with Crippen molar-refractivity contribution in [2.75, 3.05) is 0 Å². The predicted molar refractivity (Wildman–Crippen MR) is 66.1 cm³/mol. The van der Waals surface area contributed by atoms with Crippen LogP contribution in [-0.4, -0.2) is 3.96 Å². The molecule has 78 valence electrons. The molecule has 0 amide bonds. The number of rotatable bonds is 1. The highest BCUT2D eigenvalue weighted by Crippen LogP contribution is 2.32. The Morgan fingerprint density at radius 3 is 2.36 bits per heavy atom. The predicted octanol–water partition coefficient (Wildman–Crippen LogP) is 3.94. The Hall–Kier alpha value is 0.390. The van der Waals surface area contributed by atoms with Crippen molar-refractivity contribution in [3.63, 3.8) is 0 Å². The van der Waals surface area contributed by atoms with E-state index in [0.717, 1.165) is 16.6 Å². The maximum absolute atomic E-state index is 11.8. The molecule has 0 radical (unpaired) electrons. The van der Waals surface area contributed by atoms with Crippen molar-refractivity contribution in [1.29, 1.82) is 0 Å². The van der Waals surface area contributed by atoms with Crippen LogP contribution in [0.3, 0.4) is 0 Å². The molecule has 0 saturated heterocycles. The molecule has 0 spiro atoms. The lowest BCUT2D eigenvalue weighted by atomic mass is 9.96. The summed E-state index contributed by atoms with van der Waals surface area (Å²) in [6.07, 6.45) is 6.13. The lowest BCUT2D eigenvalue weighted by Gasteiger charge is -2.21. The molecule has 0 bridgehead atoms. The second kappa shape index (κ2) is 4.49. The van der Waals surface area contributed by atoms with Crippen LogP contribution < -0.4 is 5.56 Å². The van der Waals surface area contributed by atoms with Crippen LogP contribution in [0.25, 0.3) is 0 Å². The van der Waals surface area contributed by atoms with Crippen LogP contribution in [0.15, 0.2) is 13.1 Å². The fourth-order valence-corrected chi connectivity index (χ4v) is 3.94. The van der Waals surface area contributed by atoms with E-state index in [9.17, 15) is 4.79 Å². The second-order valence-electron chi connectivity index (χ2n) is 3.60. The van der Waals surface area contributed by atoms with Crippen LogP contribution in [-0.2, 0) is 0 Å². The van der Waals surface area contributed by atoms with Gasteiger partial charge in [0.25, 0.3) is 5.56 Å². The van der Waals surface area contributed by atoms with E-state index < -0.39 is 0 Å². The molecular formula is C9H11Br2NOS. The monoisotopic (exact) mass is 339 g/mol. The number of hydrogen-bond donors (Lipinski definition) is 0. The van der Waals surface area contributed by atoms with Gasteiger partial charge in [-0.15, -0.1) is 0 Å². The number of aromatic nitrogens is 1. The Balaban J connectivity index is 2.31. The Bertz CT molecular complexity index is 379. The second-order valence-corrected chi connectivity index (χ2v) is 6.70. The van der Waals surface area contributed by atoms with Crippen LogP contribution in [0.4, 0.5) is 0 Å². The average Bonchev–Trinajstić information content (AvgIpc) is 2.47. The lowest BCUT2D eigenvalue weighted by Crippen LogP contribution is -2.21. The zero-order valence-corrected chi connectivity index (χ0v) is 11.6. The van der Waals surface area contributed by atoms with Gasteiger partial charge in [-0.05, 0) is 56.2 Å². The first kappa shape index (κ1) is 10.9. The minimum atomic E-state index is 0.119. The van der Waals surface area contributed by atoms with Crippen molar-refractivity contribution in [2.45, 2.75) is 38.1 Å². The molecule has 2 rings (SSSR count). The van der Waals surface area contributed by atoms with Crippen LogP contribution in [0, 0.1) is 0 Å². The maximum Gasteiger partial charge on any atom is 0.276 e. The van der Waals surface area contributed by atoms with Gasteiger partial charge >= 0.3 is 0 Å². The standard InChI is InChI=1S/C9H11Br2NOS/c10-7-8(11)14-12(9(7)13)6-4-2-1-3-5-6/h6H,1-5H2. The minimum absolute atomic E-state index is 0.119. The van der Waals surface area contributed by atoms with Gasteiger partial charge in [0.1, 0.15) is 8.26 Å². The summed E-state index contributed by atoms with van der Waals surface area (Å²) in [6, 6.07) is 0.434. The van der Waals surface area contributed by atoms with Gasteiger partial charge in [-0.2, -0.15) is 0 Å². The fourth-order valence-electron chi connectivity index (χ4n) is 1.90. The van der Waals surface area contributed by atoms with Crippen LogP contribution in [0.1, 0.15) is 38.1 Å². The zero-order chi connectivity index (χ0) is 10.1. The van der Waals surface area contributed by atoms with Crippen molar-refractivity contribution in [3.05, 3.63) is 18.6 Å². The highest BCUT2D eigenvalue weighted by molar-refractivity contribution is 9.13. The molecule has 0 aromatic carbocycles. The Kier molecular flexibility index (Phi) is 3.50. The first-order valence-corrected chi connectivity index (χ1v) is 7.13. The molecule has 0 aliphatic heterocycles. The lowest BCUT2D eigenvalue weighted by molar-refractivity contribution is 0.365. The summed E-state index contributed by atoms with van der Waals surface area (Å²) in [4.78, 5) is 11.8. The van der Waals surface area contributed by atoms with E-state index >= 15 is 0 Å². The van der Waals surface area contributed by atoms with Gasteiger partial charge < -0.3 is 0 Å². The molecule has 1 aromatic heterocycles. The van der Waals surface area contributed by atoms with E-state index in [4.69, 9.17) is 0 Å². The van der Waals surface area contributed by atoms with Crippen molar-refractivity contribution in [2.24, 2.45) is 0 Å². The third-order valence-electron chi connectivity index (χ3n) is 2.65. The van der Waals surface area contributed by atoms with Gasteiger partial charge in [0.15, 0.2) is 0 Å². The van der Waals surface area contributed by atoms with E-state index in [1.165, 1.54) is 30.8 Å². The molecule has 1 heterocycles. The van der Waals surface area contributed by atoms with E-state index in [-0.39, 0.29) is 5.56 Å². The number of hydrogen-bond acceptors (Lipinski definition) is 2. The van der Waals surface area contributed by atoms with Gasteiger partial charge in [0.05, 0.1) is 0 Å². The number of halogens is 2. The molecule has 0 atom stereocenters. The number of nitrogens with zero attached hydrogens (tertiary/aromatic N) is 1. The first-order valence-electron chi connectivity index (χ1n) is 4.77. The molecule has 1 saturated carbocycles. The Labute approximate surface area is 104 Å². The van der Waals surface area contributed by atoms with Crippen LogP contribution in [0.5, 0.6) is 0 Å². The molecule has 5 heteroatoms. The van der Waals surface area contributed by atoms with Crippen molar-refractivity contribution >= 4 is 43.4 Å². The summed E-state index contributed by atoms with van der Waals surface area (Å²) in [5.41, 5.74) is 0.119. The van der Waals surface area contributed by atoms with Crippen molar-refractivity contribution in [1.82, 2.24) is 3.96 Å². The molecule has 1 aliphatic rings. The molecule has 1 aliphatic carbocycles. The van der Waals surface area contributed by atoms with Gasteiger partial charge in [-0.25, -0.2) is 0 Å². The third kappa shape index (κ3) is 1.99. The highest BCUT2D eigenvalue weighted by atomic mass is 79.9. The zero-order valence-electron chi connectivity index (χ0n) is 7.63. The summed E-state index contributed by atoms with van der Waals surface area (Å²) < 4.78 is 3.49. The smallest absolute Gasteiger partial charge is 0.267 e. The molecular weight excluding hydrogens is 330 g/mol. The van der Waals surface area contributed by atoms with Crippen LogP contribution in [0.2, 0.25) is 0 Å². The SMILES string of the molecule is O=c1c(Br)c(Br)sn1C1CCCCC1. The Morgan fingerprint density at radius 1 is 1.21 bits per heavy atom. The summed E-state index contributed by atoms with van der Waals surface area (Å²) in [6.45, 7) is 0. The Morgan fingerprint density at radius 2 is 1.86 bits per heavy atom. The molecule has 0 N–H and O–H groups in total. The van der Waals surface area contributed by atoms with Gasteiger partial charge in [0, 0.05) is 6.04 Å². The average molecular weight is 341 g/mol. The highest BCUT2D eigenvalue weighted by Gasteiger charge is 2.20. The summed E-state index contributed by atoms with van der Waals surface area (Å²) >= 11 is 8.20. The summed E-state index contributed by atoms with van der Waals surface area (Å²) in [5, 5.41) is 0. The van der Waals surface area contributed by atoms with E-state index in [2.05, 4.69) is 31.9 Å². The summed E-state index contributed by atoms with van der Waals surface area (Å²) in [7, 11) is 0. The summed E-state index contributed by atoms with van der Waals surface area (Å²) in [5.74, 6) is 0. The van der Waals surface area contributed by atoms with Gasteiger partial charge in [-0.3, -0.25) is 8.75 Å². The van der Waals surface area contributed by atoms with E-state index in [1.54, 1.807) is 0 Å². The fraction of sp³-hybridized carbons (Fsp3) is 0.667. The van der Waals surface area contributed by atoms with Crippen LogP contribution >= 0.6 is 43.4 Å². The molecule has 2 nitrogen and oxygen atoms in total. The van der Waals surface area contributed by atoms with E-state index in [1.807, 2.05) is 3.96 Å². The van der Waals surface area contributed by atoms with Gasteiger partial charge in [-0.1, -0.05) is 19.3 Å². The molecule has 1 aromatic rings. The van der Waals surface area contributed by atoms with Crippen molar-refractivity contribution in [3.8, 4) is 0 Å². The normalized spacial score (nSPS) is 18.7. The third-order valence-corrected chi connectivity index (χ3v) is 6.03. The minimum Gasteiger partial charge on any atom is -0.267 e. The maximum atomic E-state index is 11.8. The van der Waals surface area contributed by atoms with E-state index in [0.29, 0.717) is 10.5 Å². The molecule has 14 heavy (non-hydrogen) atoms. The molecule has 1 fully saturated rings. The largest absolute Gasteiger partial charge is 0.276 e. The first-order chi connectivity index (χ1) is 6.70. The van der Waals surface area contributed by atoms with Crippen molar-refractivity contribution < 1.29 is 0 Å². The van der Waals surface area contributed by atoms with Gasteiger partial charge in [0.2, 0.25) is 0 Å².